The molecule has 0 spiro atoms. The molecule has 0 saturated heterocycles. The smallest absolute Gasteiger partial charge is 0.407 e. The Morgan fingerprint density at radius 2 is 1.50 bits per heavy atom. The standard InChI is InChI=1S/C41H42N2O5/c1-47-32-25-23-31(24-26-32)41(29-14-4-2-5-15-29,30-16-6-3-7-17-30)42-27-13-12-22-38(39(44)45)43-40(46)48-28-37-35-20-10-8-18-33(35)34-19-9-11-21-36(34)37/h2-6,8-11,14-16,18-21,23-26,37-38,42H,7,12-13,17,22,27-28H2,1H3,(H,43,46)(H,44,45)/t38-,41+/m0/s1. The summed E-state index contributed by atoms with van der Waals surface area (Å²) in [5.74, 6) is -0.378. The van der Waals surface area contributed by atoms with Crippen molar-refractivity contribution in [3.63, 3.8) is 0 Å². The summed E-state index contributed by atoms with van der Waals surface area (Å²) in [4.78, 5) is 25.0. The van der Waals surface area contributed by atoms with Gasteiger partial charge >= 0.3 is 12.1 Å². The summed E-state index contributed by atoms with van der Waals surface area (Å²) < 4.78 is 11.1. The Kier molecular flexibility index (Phi) is 10.4. The first-order valence-electron chi connectivity index (χ1n) is 16.7. The van der Waals surface area contributed by atoms with Crippen molar-refractivity contribution in [1.82, 2.24) is 10.6 Å². The van der Waals surface area contributed by atoms with Crippen molar-refractivity contribution >= 4 is 12.1 Å². The number of carboxylic acid groups (broad SMARTS) is 1. The first-order chi connectivity index (χ1) is 23.5. The Labute approximate surface area is 282 Å². The van der Waals surface area contributed by atoms with Crippen LogP contribution in [-0.2, 0) is 15.1 Å². The molecular weight excluding hydrogens is 600 g/mol. The van der Waals surface area contributed by atoms with Crippen LogP contribution in [0.15, 0.2) is 127 Å². The number of fused-ring (bicyclic) bond motifs is 3. The Bertz CT molecular complexity index is 1740. The number of methoxy groups -OCH3 is 1. The molecule has 7 heteroatoms. The number of benzene rings is 4. The molecule has 4 aromatic rings. The van der Waals surface area contributed by atoms with Gasteiger partial charge in [0.15, 0.2) is 0 Å². The fraction of sp³-hybridized carbons (Fsp3) is 0.268. The van der Waals surface area contributed by atoms with Gasteiger partial charge in [0.2, 0.25) is 0 Å². The van der Waals surface area contributed by atoms with Crippen LogP contribution in [0, 0.1) is 0 Å². The third kappa shape index (κ3) is 6.92. The SMILES string of the molecule is COc1ccc([C@](NCCCC[C@H](NC(=O)OCC2c3ccccc3-c3ccccc32)C(=O)O)(C2=CC=CCC2)c2ccccc2)cc1. The zero-order valence-electron chi connectivity index (χ0n) is 27.2. The van der Waals surface area contributed by atoms with Crippen LogP contribution in [0.4, 0.5) is 4.79 Å². The molecule has 7 nitrogen and oxygen atoms in total. The van der Waals surface area contributed by atoms with Crippen LogP contribution in [-0.4, -0.2) is 43.5 Å². The van der Waals surface area contributed by atoms with Crippen LogP contribution in [0.3, 0.4) is 0 Å². The minimum atomic E-state index is -1.08. The molecule has 0 fully saturated rings. The Balaban J connectivity index is 1.09. The highest BCUT2D eigenvalue weighted by atomic mass is 16.5. The molecular formula is C41H42N2O5. The maximum atomic E-state index is 12.9. The molecule has 0 unspecified atom stereocenters. The number of hydrogen-bond donors (Lipinski definition) is 3. The lowest BCUT2D eigenvalue weighted by Gasteiger charge is -2.40. The number of rotatable bonds is 14. The largest absolute Gasteiger partial charge is 0.497 e. The number of carbonyl (C=O) groups excluding carboxylic acids is 1. The molecule has 48 heavy (non-hydrogen) atoms. The highest BCUT2D eigenvalue weighted by molar-refractivity contribution is 5.81. The number of carboxylic acids is 1. The summed E-state index contributed by atoms with van der Waals surface area (Å²) in [5.41, 5.74) is 7.43. The van der Waals surface area contributed by atoms with Crippen molar-refractivity contribution in [3.05, 3.63) is 149 Å². The second kappa shape index (κ2) is 15.2. The molecule has 0 bridgehead atoms. The number of carbonyl (C=O) groups is 2. The predicted octanol–water partition coefficient (Wildman–Crippen LogP) is 7.97. The molecule has 2 aliphatic rings. The lowest BCUT2D eigenvalue weighted by Crippen LogP contribution is -2.46. The van der Waals surface area contributed by atoms with Gasteiger partial charge in [-0.1, -0.05) is 109 Å². The molecule has 2 aliphatic carbocycles. The van der Waals surface area contributed by atoms with Gasteiger partial charge in [-0.25, -0.2) is 9.59 Å². The number of aliphatic carboxylic acids is 1. The normalized spacial score (nSPS) is 15.4. The van der Waals surface area contributed by atoms with E-state index in [1.54, 1.807) is 7.11 Å². The molecule has 6 rings (SSSR count). The van der Waals surface area contributed by atoms with Crippen molar-refractivity contribution in [2.75, 3.05) is 20.3 Å². The first kappa shape index (κ1) is 32.8. The van der Waals surface area contributed by atoms with Crippen molar-refractivity contribution in [2.24, 2.45) is 0 Å². The van der Waals surface area contributed by atoms with E-state index in [4.69, 9.17) is 9.47 Å². The van der Waals surface area contributed by atoms with Crippen LogP contribution in [0.1, 0.15) is 60.3 Å². The van der Waals surface area contributed by atoms with E-state index in [9.17, 15) is 14.7 Å². The first-order valence-corrected chi connectivity index (χ1v) is 16.7. The summed E-state index contributed by atoms with van der Waals surface area (Å²) in [7, 11) is 1.67. The third-order valence-electron chi connectivity index (χ3n) is 9.47. The van der Waals surface area contributed by atoms with Crippen molar-refractivity contribution in [3.8, 4) is 16.9 Å². The van der Waals surface area contributed by atoms with Gasteiger partial charge in [-0.3, -0.25) is 0 Å². The topological polar surface area (TPSA) is 96.9 Å². The molecule has 0 aromatic heterocycles. The van der Waals surface area contributed by atoms with Gasteiger partial charge in [0, 0.05) is 5.92 Å². The van der Waals surface area contributed by atoms with Gasteiger partial charge in [0.1, 0.15) is 18.4 Å². The predicted molar refractivity (Wildman–Crippen MR) is 188 cm³/mol. The monoisotopic (exact) mass is 642 g/mol. The van der Waals surface area contributed by atoms with Crippen LogP contribution in [0.5, 0.6) is 5.75 Å². The lowest BCUT2D eigenvalue weighted by molar-refractivity contribution is -0.139. The van der Waals surface area contributed by atoms with Crippen LogP contribution in [0.25, 0.3) is 11.1 Å². The van der Waals surface area contributed by atoms with E-state index in [2.05, 4.69) is 89.5 Å². The quantitative estimate of drug-likeness (QED) is 0.121. The molecule has 2 atom stereocenters. The number of unbranched alkanes of at least 4 members (excludes halogenated alkanes) is 1. The zero-order valence-corrected chi connectivity index (χ0v) is 27.2. The Morgan fingerprint density at radius 1 is 0.854 bits per heavy atom. The van der Waals surface area contributed by atoms with E-state index >= 15 is 0 Å². The third-order valence-corrected chi connectivity index (χ3v) is 9.47. The lowest BCUT2D eigenvalue weighted by atomic mass is 9.74. The molecule has 4 aromatic carbocycles. The van der Waals surface area contributed by atoms with E-state index in [-0.39, 0.29) is 18.9 Å². The van der Waals surface area contributed by atoms with Gasteiger partial charge in [0.25, 0.3) is 0 Å². The van der Waals surface area contributed by atoms with Crippen molar-refractivity contribution in [1.29, 1.82) is 0 Å². The number of hydrogen-bond acceptors (Lipinski definition) is 5. The number of amides is 1. The average Bonchev–Trinajstić information content (AvgIpc) is 3.46. The minimum Gasteiger partial charge on any atom is -0.497 e. The highest BCUT2D eigenvalue weighted by Crippen LogP contribution is 2.44. The molecule has 3 N–H and O–H groups in total. The maximum Gasteiger partial charge on any atom is 0.407 e. The van der Waals surface area contributed by atoms with Crippen molar-refractivity contribution < 1.29 is 24.2 Å². The minimum absolute atomic E-state index is 0.0946. The van der Waals surface area contributed by atoms with Gasteiger partial charge in [-0.05, 0) is 89.7 Å². The van der Waals surface area contributed by atoms with Gasteiger partial charge in [-0.15, -0.1) is 0 Å². The Hall–Kier alpha value is -5.14. The van der Waals surface area contributed by atoms with Gasteiger partial charge in [-0.2, -0.15) is 0 Å². The second-order valence-electron chi connectivity index (χ2n) is 12.3. The Morgan fingerprint density at radius 3 is 2.12 bits per heavy atom. The summed E-state index contributed by atoms with van der Waals surface area (Å²) in [6.45, 7) is 0.771. The summed E-state index contributed by atoms with van der Waals surface area (Å²) in [6, 6.07) is 33.8. The van der Waals surface area contributed by atoms with Crippen LogP contribution < -0.4 is 15.4 Å². The fourth-order valence-corrected chi connectivity index (χ4v) is 7.09. The number of ether oxygens (including phenoxy) is 2. The molecule has 246 valence electrons. The second-order valence-corrected chi connectivity index (χ2v) is 12.3. The van der Waals surface area contributed by atoms with Crippen molar-refractivity contribution in [2.45, 2.75) is 49.6 Å². The zero-order chi connectivity index (χ0) is 33.3. The van der Waals surface area contributed by atoms with Crippen LogP contribution in [0.2, 0.25) is 0 Å². The van der Waals surface area contributed by atoms with E-state index in [0.29, 0.717) is 19.4 Å². The number of allylic oxidation sites excluding steroid dienone is 3. The van der Waals surface area contributed by atoms with E-state index < -0.39 is 23.6 Å². The number of nitrogens with one attached hydrogen (secondary N) is 2. The molecule has 0 saturated carbocycles. The average molecular weight is 643 g/mol. The van der Waals surface area contributed by atoms with E-state index in [1.807, 2.05) is 42.5 Å². The molecule has 0 heterocycles. The molecule has 1 amide bonds. The van der Waals surface area contributed by atoms with E-state index in [1.165, 1.54) is 5.57 Å². The maximum absolute atomic E-state index is 12.9. The van der Waals surface area contributed by atoms with E-state index in [0.717, 1.165) is 52.0 Å². The van der Waals surface area contributed by atoms with Gasteiger partial charge in [0.05, 0.1) is 12.6 Å². The summed E-state index contributed by atoms with van der Waals surface area (Å²) in [6.07, 6.45) is 9.25. The molecule has 0 aliphatic heterocycles. The van der Waals surface area contributed by atoms with Gasteiger partial charge < -0.3 is 25.2 Å². The number of alkyl carbamates (subject to hydrolysis) is 1. The highest BCUT2D eigenvalue weighted by Gasteiger charge is 2.37. The van der Waals surface area contributed by atoms with Crippen LogP contribution >= 0.6 is 0 Å². The summed E-state index contributed by atoms with van der Waals surface area (Å²) >= 11 is 0. The molecule has 0 radical (unpaired) electrons. The summed E-state index contributed by atoms with van der Waals surface area (Å²) in [5, 5.41) is 16.4. The fourth-order valence-electron chi connectivity index (χ4n) is 7.09.